The van der Waals surface area contributed by atoms with E-state index in [1.807, 2.05) is 32.0 Å². The summed E-state index contributed by atoms with van der Waals surface area (Å²) >= 11 is 0. The summed E-state index contributed by atoms with van der Waals surface area (Å²) < 4.78 is 14.0. The van der Waals surface area contributed by atoms with Crippen molar-refractivity contribution in [3.05, 3.63) is 59.7 Å². The molecular weight excluding hydrogens is 265 g/mol. The van der Waals surface area contributed by atoms with Gasteiger partial charge in [-0.2, -0.15) is 0 Å². The Kier molecular flexibility index (Phi) is 3.22. The summed E-state index contributed by atoms with van der Waals surface area (Å²) in [6, 6.07) is 10.6. The highest BCUT2D eigenvalue weighted by molar-refractivity contribution is 6.01. The van der Waals surface area contributed by atoms with Crippen LogP contribution in [0.5, 0.6) is 0 Å². The fourth-order valence-corrected chi connectivity index (χ4v) is 2.40. The number of para-hydroxylation sites is 1. The van der Waals surface area contributed by atoms with E-state index in [2.05, 4.69) is 10.3 Å². The van der Waals surface area contributed by atoms with Crippen LogP contribution in [0.15, 0.2) is 42.6 Å². The van der Waals surface area contributed by atoms with Crippen molar-refractivity contribution in [1.29, 1.82) is 0 Å². The zero-order chi connectivity index (χ0) is 15.0. The summed E-state index contributed by atoms with van der Waals surface area (Å²) in [4.78, 5) is 4.27. The van der Waals surface area contributed by atoms with Crippen LogP contribution in [0.25, 0.3) is 10.8 Å². The van der Waals surface area contributed by atoms with Gasteiger partial charge in [0.2, 0.25) is 0 Å². The van der Waals surface area contributed by atoms with E-state index >= 15 is 0 Å². The molecule has 0 radical (unpaired) electrons. The van der Waals surface area contributed by atoms with Crippen molar-refractivity contribution in [3.8, 4) is 0 Å². The summed E-state index contributed by atoms with van der Waals surface area (Å²) in [7, 11) is 0. The first-order valence-electron chi connectivity index (χ1n) is 6.73. The van der Waals surface area contributed by atoms with Gasteiger partial charge >= 0.3 is 0 Å². The number of nitrogens with zero attached hydrogens (tertiary/aromatic N) is 1. The van der Waals surface area contributed by atoms with Gasteiger partial charge in [0.05, 0.1) is 5.69 Å². The van der Waals surface area contributed by atoms with Crippen LogP contribution < -0.4 is 11.1 Å². The number of nitrogens with one attached hydrogen (secondary N) is 1. The molecule has 0 aliphatic rings. The maximum Gasteiger partial charge on any atom is 0.146 e. The number of nitrogen functional groups attached to an aromatic ring is 1. The second kappa shape index (κ2) is 5.05. The number of pyridine rings is 1. The Morgan fingerprint density at radius 2 is 1.90 bits per heavy atom. The van der Waals surface area contributed by atoms with Gasteiger partial charge in [-0.1, -0.05) is 12.1 Å². The van der Waals surface area contributed by atoms with E-state index in [-0.39, 0.29) is 5.82 Å². The average Bonchev–Trinajstić information content (AvgIpc) is 2.45. The highest BCUT2D eigenvalue weighted by Crippen LogP contribution is 2.32. The van der Waals surface area contributed by atoms with Crippen LogP contribution in [0.2, 0.25) is 0 Å². The van der Waals surface area contributed by atoms with Crippen molar-refractivity contribution in [2.45, 2.75) is 13.8 Å². The van der Waals surface area contributed by atoms with Gasteiger partial charge in [0.25, 0.3) is 0 Å². The van der Waals surface area contributed by atoms with E-state index in [0.29, 0.717) is 11.4 Å². The molecule has 1 heterocycles. The number of aromatic nitrogens is 1. The predicted octanol–water partition coefficient (Wildman–Crippen LogP) is 4.32. The van der Waals surface area contributed by atoms with Crippen LogP contribution in [0.3, 0.4) is 0 Å². The Morgan fingerprint density at radius 3 is 2.67 bits per heavy atom. The predicted molar refractivity (Wildman–Crippen MR) is 85.3 cm³/mol. The molecule has 106 valence electrons. The van der Waals surface area contributed by atoms with Crippen LogP contribution in [0, 0.1) is 19.7 Å². The molecule has 21 heavy (non-hydrogen) atoms. The minimum absolute atomic E-state index is 0.272. The highest BCUT2D eigenvalue weighted by atomic mass is 19.1. The van der Waals surface area contributed by atoms with E-state index in [1.165, 1.54) is 6.07 Å². The Balaban J connectivity index is 2.17. The Bertz CT molecular complexity index is 807. The van der Waals surface area contributed by atoms with Crippen molar-refractivity contribution in [2.75, 3.05) is 11.1 Å². The van der Waals surface area contributed by atoms with Crippen molar-refractivity contribution in [1.82, 2.24) is 4.98 Å². The molecule has 0 saturated heterocycles. The minimum atomic E-state index is -0.272. The van der Waals surface area contributed by atoms with Crippen molar-refractivity contribution < 1.29 is 4.39 Å². The SMILES string of the molecule is Cc1cc2c(Nc3c(C)cccc3F)ccc(N)c2cn1. The summed E-state index contributed by atoms with van der Waals surface area (Å²) in [6.07, 6.45) is 1.75. The maximum absolute atomic E-state index is 14.0. The molecule has 1 aromatic heterocycles. The van der Waals surface area contributed by atoms with Gasteiger partial charge in [0, 0.05) is 34.0 Å². The average molecular weight is 281 g/mol. The number of anilines is 3. The number of hydrogen-bond acceptors (Lipinski definition) is 3. The summed E-state index contributed by atoms with van der Waals surface area (Å²) in [5.41, 5.74) is 9.69. The highest BCUT2D eigenvalue weighted by Gasteiger charge is 2.09. The second-order valence-corrected chi connectivity index (χ2v) is 5.13. The van der Waals surface area contributed by atoms with Crippen LogP contribution in [0.1, 0.15) is 11.3 Å². The molecule has 3 N–H and O–H groups in total. The van der Waals surface area contributed by atoms with Gasteiger partial charge in [-0.15, -0.1) is 0 Å². The molecule has 0 saturated carbocycles. The van der Waals surface area contributed by atoms with Crippen LogP contribution >= 0.6 is 0 Å². The molecule has 0 amide bonds. The van der Waals surface area contributed by atoms with E-state index in [4.69, 9.17) is 5.73 Å². The molecular formula is C17H16FN3. The molecule has 0 atom stereocenters. The Morgan fingerprint density at radius 1 is 1.10 bits per heavy atom. The third-order valence-electron chi connectivity index (χ3n) is 3.55. The molecule has 3 nitrogen and oxygen atoms in total. The van der Waals surface area contributed by atoms with Gasteiger partial charge in [-0.3, -0.25) is 4.98 Å². The quantitative estimate of drug-likeness (QED) is 0.688. The number of nitrogens with two attached hydrogens (primary N) is 1. The first-order valence-corrected chi connectivity index (χ1v) is 6.73. The Labute approximate surface area is 122 Å². The molecule has 0 aliphatic heterocycles. The maximum atomic E-state index is 14.0. The zero-order valence-corrected chi connectivity index (χ0v) is 11.9. The third kappa shape index (κ3) is 2.40. The summed E-state index contributed by atoms with van der Waals surface area (Å²) in [5, 5.41) is 4.98. The van der Waals surface area contributed by atoms with Crippen LogP contribution in [-0.4, -0.2) is 4.98 Å². The van der Waals surface area contributed by atoms with Crippen LogP contribution in [0.4, 0.5) is 21.5 Å². The van der Waals surface area contributed by atoms with Gasteiger partial charge in [0.15, 0.2) is 0 Å². The van der Waals surface area contributed by atoms with Gasteiger partial charge in [-0.05, 0) is 43.7 Å². The fraction of sp³-hybridized carbons (Fsp3) is 0.118. The molecule has 0 spiro atoms. The van der Waals surface area contributed by atoms with Gasteiger partial charge in [-0.25, -0.2) is 4.39 Å². The molecule has 0 fully saturated rings. The number of fused-ring (bicyclic) bond motifs is 1. The lowest BCUT2D eigenvalue weighted by atomic mass is 10.1. The second-order valence-electron chi connectivity index (χ2n) is 5.13. The largest absolute Gasteiger partial charge is 0.398 e. The minimum Gasteiger partial charge on any atom is -0.398 e. The normalized spacial score (nSPS) is 10.8. The van der Waals surface area contributed by atoms with Crippen LogP contribution in [-0.2, 0) is 0 Å². The summed E-state index contributed by atoms with van der Waals surface area (Å²) in [6.45, 7) is 3.79. The van der Waals surface area contributed by atoms with Gasteiger partial charge in [0.1, 0.15) is 5.82 Å². The lowest BCUT2D eigenvalue weighted by molar-refractivity contribution is 0.631. The van der Waals surface area contributed by atoms with Crippen molar-refractivity contribution in [2.24, 2.45) is 0 Å². The molecule has 2 aromatic carbocycles. The first kappa shape index (κ1) is 13.4. The van der Waals surface area contributed by atoms with Gasteiger partial charge < -0.3 is 11.1 Å². The molecule has 0 aliphatic carbocycles. The number of benzene rings is 2. The number of rotatable bonds is 2. The molecule has 0 unspecified atom stereocenters. The lowest BCUT2D eigenvalue weighted by Crippen LogP contribution is -1.99. The van der Waals surface area contributed by atoms with Crippen molar-refractivity contribution in [3.63, 3.8) is 0 Å². The van der Waals surface area contributed by atoms with E-state index in [9.17, 15) is 4.39 Å². The van der Waals surface area contributed by atoms with E-state index in [1.54, 1.807) is 18.3 Å². The smallest absolute Gasteiger partial charge is 0.146 e. The number of hydrogen-bond donors (Lipinski definition) is 2. The molecule has 3 aromatic rings. The molecule has 3 rings (SSSR count). The fourth-order valence-electron chi connectivity index (χ4n) is 2.40. The van der Waals surface area contributed by atoms with E-state index in [0.717, 1.165) is 27.7 Å². The lowest BCUT2D eigenvalue weighted by Gasteiger charge is -2.14. The van der Waals surface area contributed by atoms with Crippen molar-refractivity contribution >= 4 is 27.8 Å². The standard InChI is InChI=1S/C17H16FN3/c1-10-4-3-5-14(18)17(10)21-16-7-6-15(19)13-9-20-11(2)8-12(13)16/h3-9,21H,19H2,1-2H3. The topological polar surface area (TPSA) is 50.9 Å². The summed E-state index contributed by atoms with van der Waals surface area (Å²) in [5.74, 6) is -0.272. The number of halogens is 1. The molecule has 4 heteroatoms. The third-order valence-corrected chi connectivity index (χ3v) is 3.55. The first-order chi connectivity index (χ1) is 10.1. The monoisotopic (exact) mass is 281 g/mol. The zero-order valence-electron chi connectivity index (χ0n) is 11.9. The number of aryl methyl sites for hydroxylation is 2. The molecule has 0 bridgehead atoms. The Hall–Kier alpha value is -2.62. The van der Waals surface area contributed by atoms with E-state index < -0.39 is 0 Å².